The quantitative estimate of drug-likeness (QED) is 0.866. The van der Waals surface area contributed by atoms with E-state index < -0.39 is 0 Å². The number of rotatable bonds is 2. The summed E-state index contributed by atoms with van der Waals surface area (Å²) in [5.41, 5.74) is 1.69. The van der Waals surface area contributed by atoms with Gasteiger partial charge in [-0.2, -0.15) is 0 Å². The van der Waals surface area contributed by atoms with E-state index in [0.717, 1.165) is 40.4 Å². The molecule has 0 unspecified atom stereocenters. The summed E-state index contributed by atoms with van der Waals surface area (Å²) in [6, 6.07) is 4.21. The van der Waals surface area contributed by atoms with E-state index in [1.807, 2.05) is 0 Å². The number of hydrogen-bond acceptors (Lipinski definition) is 4. The van der Waals surface area contributed by atoms with Crippen LogP contribution >= 0.6 is 27.3 Å². The topological polar surface area (TPSA) is 49.0 Å². The van der Waals surface area contributed by atoms with Gasteiger partial charge < -0.3 is 4.98 Å². The molecular weight excluding hydrogens is 362 g/mol. The van der Waals surface area contributed by atoms with E-state index in [-0.39, 0.29) is 11.0 Å². The van der Waals surface area contributed by atoms with Crippen molar-refractivity contribution >= 4 is 27.3 Å². The van der Waals surface area contributed by atoms with Gasteiger partial charge in [0.2, 0.25) is 0 Å². The minimum absolute atomic E-state index is 0.0204. The zero-order valence-electron chi connectivity index (χ0n) is 13.1. The zero-order valence-corrected chi connectivity index (χ0v) is 15.5. The maximum Gasteiger partial charge on any atom is 0.255 e. The Labute approximate surface area is 142 Å². The third-order valence-electron chi connectivity index (χ3n) is 3.87. The summed E-state index contributed by atoms with van der Waals surface area (Å²) in [7, 11) is 0. The minimum atomic E-state index is -0.130. The molecule has 3 rings (SSSR count). The van der Waals surface area contributed by atoms with Crippen LogP contribution < -0.4 is 5.56 Å². The van der Waals surface area contributed by atoms with E-state index >= 15 is 0 Å². The lowest BCUT2D eigenvalue weighted by Gasteiger charge is -2.28. The minimum Gasteiger partial charge on any atom is -0.310 e. The molecule has 0 fully saturated rings. The number of aromatic nitrogens is 2. The Morgan fingerprint density at radius 2 is 2.18 bits per heavy atom. The molecule has 2 aromatic rings. The number of H-pyrrole nitrogens is 1. The van der Waals surface area contributed by atoms with Crippen LogP contribution in [0.5, 0.6) is 0 Å². The second kappa shape index (κ2) is 5.91. The molecule has 1 aliphatic rings. The summed E-state index contributed by atoms with van der Waals surface area (Å²) in [6.07, 6.45) is 0.842. The van der Waals surface area contributed by atoms with Gasteiger partial charge in [-0.3, -0.25) is 9.69 Å². The first-order chi connectivity index (χ1) is 10.3. The summed E-state index contributed by atoms with van der Waals surface area (Å²) < 4.78 is 1.15. The Morgan fingerprint density at radius 3 is 2.82 bits per heavy atom. The molecule has 118 valence electrons. The molecular formula is C16H20BrN3OS. The molecule has 0 bridgehead atoms. The van der Waals surface area contributed by atoms with Crippen molar-refractivity contribution in [3.63, 3.8) is 0 Å². The summed E-state index contributed by atoms with van der Waals surface area (Å²) in [5.74, 6) is 0.784. The van der Waals surface area contributed by atoms with E-state index in [9.17, 15) is 4.79 Å². The predicted octanol–water partition coefficient (Wildman–Crippen LogP) is 3.45. The molecule has 4 nitrogen and oxygen atoms in total. The fourth-order valence-corrected chi connectivity index (χ4v) is 4.15. The van der Waals surface area contributed by atoms with E-state index in [0.29, 0.717) is 6.54 Å². The van der Waals surface area contributed by atoms with Gasteiger partial charge in [-0.05, 0) is 28.1 Å². The van der Waals surface area contributed by atoms with Crippen LogP contribution in [-0.4, -0.2) is 21.4 Å². The van der Waals surface area contributed by atoms with Gasteiger partial charge in [0.1, 0.15) is 5.82 Å². The number of hydrogen-bond donors (Lipinski definition) is 1. The summed E-state index contributed by atoms with van der Waals surface area (Å²) in [6.45, 7) is 8.72. The largest absolute Gasteiger partial charge is 0.310 e. The number of fused-ring (bicyclic) bond motifs is 1. The molecule has 1 aliphatic heterocycles. The Morgan fingerprint density at radius 1 is 1.41 bits per heavy atom. The third-order valence-corrected chi connectivity index (χ3v) is 5.47. The zero-order chi connectivity index (χ0) is 15.9. The first kappa shape index (κ1) is 15.9. The van der Waals surface area contributed by atoms with Crippen molar-refractivity contribution in [2.24, 2.45) is 0 Å². The molecule has 0 spiro atoms. The molecule has 3 heterocycles. The Hall–Kier alpha value is -0.980. The van der Waals surface area contributed by atoms with E-state index in [2.05, 4.69) is 58.7 Å². The van der Waals surface area contributed by atoms with Gasteiger partial charge in [0.25, 0.3) is 5.56 Å². The molecule has 0 aliphatic carbocycles. The molecule has 0 saturated heterocycles. The molecule has 0 aromatic carbocycles. The Kier molecular flexibility index (Phi) is 4.27. The SMILES string of the molecule is CC(C)(C)c1nc2c(c(=O)[nH]1)CN(Cc1ccc(Br)s1)CC2. The average molecular weight is 382 g/mol. The lowest BCUT2D eigenvalue weighted by molar-refractivity contribution is 0.243. The molecule has 0 radical (unpaired) electrons. The number of nitrogens with one attached hydrogen (secondary N) is 1. The van der Waals surface area contributed by atoms with Gasteiger partial charge in [-0.25, -0.2) is 4.98 Å². The fraction of sp³-hybridized carbons (Fsp3) is 0.500. The van der Waals surface area contributed by atoms with Crippen LogP contribution in [0.15, 0.2) is 20.7 Å². The van der Waals surface area contributed by atoms with Crippen molar-refractivity contribution in [1.82, 2.24) is 14.9 Å². The molecule has 0 saturated carbocycles. The van der Waals surface area contributed by atoms with E-state index in [4.69, 9.17) is 4.98 Å². The monoisotopic (exact) mass is 381 g/mol. The summed E-state index contributed by atoms with van der Waals surface area (Å²) >= 11 is 5.24. The van der Waals surface area contributed by atoms with Crippen LogP contribution in [0.4, 0.5) is 0 Å². The van der Waals surface area contributed by atoms with Gasteiger partial charge in [0.15, 0.2) is 0 Å². The van der Waals surface area contributed by atoms with Crippen molar-refractivity contribution in [1.29, 1.82) is 0 Å². The summed E-state index contributed by atoms with van der Waals surface area (Å²) in [5, 5.41) is 0. The van der Waals surface area contributed by atoms with E-state index in [1.165, 1.54) is 4.88 Å². The van der Waals surface area contributed by atoms with Crippen LogP contribution in [-0.2, 0) is 24.9 Å². The van der Waals surface area contributed by atoms with Gasteiger partial charge in [-0.1, -0.05) is 20.8 Å². The lowest BCUT2D eigenvalue weighted by atomic mass is 9.95. The first-order valence-corrected chi connectivity index (χ1v) is 9.03. The number of halogens is 1. The normalized spacial score (nSPS) is 15.8. The molecule has 0 atom stereocenters. The molecule has 2 aromatic heterocycles. The van der Waals surface area contributed by atoms with Gasteiger partial charge in [0, 0.05) is 36.3 Å². The highest BCUT2D eigenvalue weighted by atomic mass is 79.9. The van der Waals surface area contributed by atoms with Crippen molar-refractivity contribution < 1.29 is 0 Å². The number of aromatic amines is 1. The van der Waals surface area contributed by atoms with E-state index in [1.54, 1.807) is 11.3 Å². The number of thiophene rings is 1. The van der Waals surface area contributed by atoms with Crippen LogP contribution in [0.3, 0.4) is 0 Å². The molecule has 1 N–H and O–H groups in total. The van der Waals surface area contributed by atoms with Gasteiger partial charge in [-0.15, -0.1) is 11.3 Å². The van der Waals surface area contributed by atoms with Crippen molar-refractivity contribution in [2.45, 2.75) is 45.7 Å². The molecule has 6 heteroatoms. The Bertz CT molecular complexity index is 745. The van der Waals surface area contributed by atoms with Crippen molar-refractivity contribution in [3.05, 3.63) is 48.2 Å². The fourth-order valence-electron chi connectivity index (χ4n) is 2.63. The van der Waals surface area contributed by atoms with Crippen molar-refractivity contribution in [2.75, 3.05) is 6.54 Å². The second-order valence-corrected chi connectivity index (χ2v) is 9.30. The lowest BCUT2D eigenvalue weighted by Crippen LogP contribution is -2.36. The third kappa shape index (κ3) is 3.34. The maximum absolute atomic E-state index is 12.4. The molecule has 0 amide bonds. The van der Waals surface area contributed by atoms with Crippen LogP contribution in [0.1, 0.15) is 42.7 Å². The average Bonchev–Trinajstić information content (AvgIpc) is 2.83. The van der Waals surface area contributed by atoms with Crippen molar-refractivity contribution in [3.8, 4) is 0 Å². The van der Waals surface area contributed by atoms with Crippen LogP contribution in [0, 0.1) is 0 Å². The smallest absolute Gasteiger partial charge is 0.255 e. The van der Waals surface area contributed by atoms with Gasteiger partial charge in [0.05, 0.1) is 15.0 Å². The highest BCUT2D eigenvalue weighted by Gasteiger charge is 2.24. The van der Waals surface area contributed by atoms with Crippen LogP contribution in [0.2, 0.25) is 0 Å². The van der Waals surface area contributed by atoms with Gasteiger partial charge >= 0.3 is 0 Å². The number of nitrogens with zero attached hydrogens (tertiary/aromatic N) is 2. The second-order valence-electron chi connectivity index (χ2n) is 6.76. The standard InChI is InChI=1S/C16H20BrN3OS/c1-16(2,3)15-18-12-6-7-20(9-11(12)14(21)19-15)8-10-4-5-13(17)22-10/h4-5H,6-9H2,1-3H3,(H,18,19,21). The first-order valence-electron chi connectivity index (χ1n) is 7.42. The predicted molar refractivity (Wildman–Crippen MR) is 93.4 cm³/mol. The Balaban J connectivity index is 1.83. The highest BCUT2D eigenvalue weighted by Crippen LogP contribution is 2.25. The van der Waals surface area contributed by atoms with Crippen LogP contribution in [0.25, 0.3) is 0 Å². The summed E-state index contributed by atoms with van der Waals surface area (Å²) in [4.78, 5) is 23.7. The highest BCUT2D eigenvalue weighted by molar-refractivity contribution is 9.11. The molecule has 22 heavy (non-hydrogen) atoms. The maximum atomic E-state index is 12.4.